The maximum Gasteiger partial charge on any atom is 0.434 e. The molecule has 0 radical (unpaired) electrons. The summed E-state index contributed by atoms with van der Waals surface area (Å²) in [5, 5.41) is 5.28. The molecule has 1 saturated carbocycles. The number of aromatic nitrogens is 8. The molecule has 206 valence electrons. The Bertz CT molecular complexity index is 1670. The van der Waals surface area contributed by atoms with E-state index in [2.05, 4.69) is 25.0 Å². The van der Waals surface area contributed by atoms with E-state index in [1.165, 1.54) is 10.9 Å². The van der Waals surface area contributed by atoms with E-state index >= 15 is 0 Å². The summed E-state index contributed by atoms with van der Waals surface area (Å²) in [6.07, 6.45) is 3.14. The van der Waals surface area contributed by atoms with E-state index < -0.39 is 18.5 Å². The lowest BCUT2D eigenvalue weighted by molar-refractivity contribution is -0.140. The normalized spacial score (nSPS) is 14.6. The number of nitrogens with zero attached hydrogens (tertiary/aromatic N) is 8. The van der Waals surface area contributed by atoms with Gasteiger partial charge in [-0.15, -0.1) is 0 Å². The summed E-state index contributed by atoms with van der Waals surface area (Å²) in [7, 11) is 1.55. The predicted octanol–water partition coefficient (Wildman–Crippen LogP) is 5.63. The van der Waals surface area contributed by atoms with Gasteiger partial charge in [0, 0.05) is 23.9 Å². The van der Waals surface area contributed by atoms with E-state index in [1.54, 1.807) is 48.5 Å². The van der Waals surface area contributed by atoms with Crippen LogP contribution in [0, 0.1) is 0 Å². The molecule has 13 heteroatoms. The van der Waals surface area contributed by atoms with Gasteiger partial charge in [-0.05, 0) is 25.3 Å². The standard InChI is InChI=1S/C27H24F4N8O/c1-15(16-3-7-18(8-4-16)24-36-20(27(29,30)31)13-38(24)10-9-28)39-25-19(12-35-39)11-32-23(37-25)21-22(17-5-6-17)33-14-34-26(21)40-2/h3-4,7-8,11-15,17H,5-6,9-10H2,1-2H3/t15-/m0/s1. The van der Waals surface area contributed by atoms with Gasteiger partial charge in [-0.2, -0.15) is 18.3 Å². The van der Waals surface area contributed by atoms with Crippen molar-refractivity contribution in [2.24, 2.45) is 0 Å². The summed E-state index contributed by atoms with van der Waals surface area (Å²) >= 11 is 0. The number of hydrogen-bond acceptors (Lipinski definition) is 7. The van der Waals surface area contributed by atoms with Gasteiger partial charge in [-0.3, -0.25) is 0 Å². The zero-order valence-corrected chi connectivity index (χ0v) is 21.6. The van der Waals surface area contributed by atoms with Crippen LogP contribution in [0.5, 0.6) is 5.88 Å². The molecule has 0 aliphatic heterocycles. The molecule has 0 bridgehead atoms. The minimum atomic E-state index is -4.62. The number of imidazole rings is 1. The third kappa shape index (κ3) is 4.65. The van der Waals surface area contributed by atoms with Gasteiger partial charge in [-0.25, -0.2) is 34.0 Å². The van der Waals surface area contributed by atoms with Crippen molar-refractivity contribution in [3.05, 3.63) is 66.1 Å². The topological polar surface area (TPSA) is 96.4 Å². The molecular weight excluding hydrogens is 528 g/mol. The van der Waals surface area contributed by atoms with Crippen LogP contribution in [-0.2, 0) is 12.7 Å². The Balaban J connectivity index is 1.34. The second kappa shape index (κ2) is 9.96. The lowest BCUT2D eigenvalue weighted by atomic mass is 10.1. The first kappa shape index (κ1) is 25.8. The number of aryl methyl sites for hydroxylation is 1. The molecule has 1 atom stereocenters. The van der Waals surface area contributed by atoms with Crippen LogP contribution in [0.2, 0.25) is 0 Å². The number of hydrogen-bond donors (Lipinski definition) is 0. The Hall–Kier alpha value is -4.42. The molecule has 4 aromatic heterocycles. The van der Waals surface area contributed by atoms with Gasteiger partial charge in [0.1, 0.15) is 24.4 Å². The van der Waals surface area contributed by atoms with Crippen molar-refractivity contribution in [1.82, 2.24) is 39.3 Å². The summed E-state index contributed by atoms with van der Waals surface area (Å²) in [6, 6.07) is 6.64. The minimum Gasteiger partial charge on any atom is -0.480 e. The van der Waals surface area contributed by atoms with Crippen molar-refractivity contribution in [2.45, 2.75) is 44.4 Å². The predicted molar refractivity (Wildman–Crippen MR) is 137 cm³/mol. The molecule has 1 aromatic carbocycles. The fraction of sp³-hybridized carbons (Fsp3) is 0.333. The van der Waals surface area contributed by atoms with E-state index in [-0.39, 0.29) is 18.4 Å². The number of fused-ring (bicyclic) bond motifs is 1. The van der Waals surface area contributed by atoms with Gasteiger partial charge in [0.25, 0.3) is 0 Å². The zero-order valence-electron chi connectivity index (χ0n) is 21.6. The summed E-state index contributed by atoms with van der Waals surface area (Å²) in [6.45, 7) is 0.906. The fourth-order valence-corrected chi connectivity index (χ4v) is 4.75. The molecule has 0 amide bonds. The van der Waals surface area contributed by atoms with Gasteiger partial charge < -0.3 is 9.30 Å². The molecule has 40 heavy (non-hydrogen) atoms. The monoisotopic (exact) mass is 552 g/mol. The van der Waals surface area contributed by atoms with Crippen molar-refractivity contribution in [3.63, 3.8) is 0 Å². The van der Waals surface area contributed by atoms with Crippen LogP contribution in [0.1, 0.15) is 48.7 Å². The van der Waals surface area contributed by atoms with E-state index in [0.717, 1.165) is 35.7 Å². The Labute approximate surface area is 225 Å². The highest BCUT2D eigenvalue weighted by atomic mass is 19.4. The second-order valence-electron chi connectivity index (χ2n) is 9.61. The summed E-state index contributed by atoms with van der Waals surface area (Å²) in [5.41, 5.74) is 2.35. The second-order valence-corrected chi connectivity index (χ2v) is 9.61. The maximum absolute atomic E-state index is 13.2. The van der Waals surface area contributed by atoms with Gasteiger partial charge in [0.05, 0.1) is 37.0 Å². The summed E-state index contributed by atoms with van der Waals surface area (Å²) in [4.78, 5) is 21.8. The smallest absolute Gasteiger partial charge is 0.434 e. The molecule has 1 aliphatic carbocycles. The van der Waals surface area contributed by atoms with Gasteiger partial charge in [0.2, 0.25) is 5.88 Å². The quantitative estimate of drug-likeness (QED) is 0.230. The van der Waals surface area contributed by atoms with Crippen LogP contribution in [0.25, 0.3) is 33.8 Å². The van der Waals surface area contributed by atoms with Crippen LogP contribution < -0.4 is 4.74 Å². The van der Waals surface area contributed by atoms with Crippen LogP contribution in [0.4, 0.5) is 17.6 Å². The molecule has 1 aliphatic rings. The van der Waals surface area contributed by atoms with E-state index in [0.29, 0.717) is 34.4 Å². The first-order valence-electron chi connectivity index (χ1n) is 12.7. The van der Waals surface area contributed by atoms with Gasteiger partial charge in [-0.1, -0.05) is 24.3 Å². The number of halogens is 4. The van der Waals surface area contributed by atoms with Crippen molar-refractivity contribution < 1.29 is 22.3 Å². The van der Waals surface area contributed by atoms with Crippen molar-refractivity contribution in [1.29, 1.82) is 0 Å². The molecule has 0 spiro atoms. The molecule has 4 heterocycles. The first-order chi connectivity index (χ1) is 19.3. The number of ether oxygens (including phenoxy) is 1. The van der Waals surface area contributed by atoms with E-state index in [1.807, 2.05) is 6.92 Å². The molecule has 0 N–H and O–H groups in total. The van der Waals surface area contributed by atoms with Crippen molar-refractivity contribution >= 4 is 11.0 Å². The Morgan fingerprint density at radius 1 is 1.05 bits per heavy atom. The van der Waals surface area contributed by atoms with Crippen LogP contribution >= 0.6 is 0 Å². The highest BCUT2D eigenvalue weighted by Gasteiger charge is 2.35. The molecular formula is C27H24F4N8O. The number of rotatable bonds is 8. The molecule has 6 rings (SSSR count). The van der Waals surface area contributed by atoms with Crippen LogP contribution in [-0.4, -0.2) is 53.1 Å². The molecule has 0 unspecified atom stereocenters. The molecule has 1 fully saturated rings. The Morgan fingerprint density at radius 2 is 1.82 bits per heavy atom. The molecule has 5 aromatic rings. The Kier molecular flexibility index (Phi) is 6.43. The molecule has 0 saturated heterocycles. The number of benzene rings is 1. The first-order valence-corrected chi connectivity index (χ1v) is 12.7. The lowest BCUT2D eigenvalue weighted by Gasteiger charge is -2.15. The minimum absolute atomic E-state index is 0.0524. The number of alkyl halides is 4. The zero-order chi connectivity index (χ0) is 28.0. The highest BCUT2D eigenvalue weighted by Crippen LogP contribution is 2.45. The lowest BCUT2D eigenvalue weighted by Crippen LogP contribution is -2.10. The Morgan fingerprint density at radius 3 is 2.50 bits per heavy atom. The van der Waals surface area contributed by atoms with Gasteiger partial charge >= 0.3 is 6.18 Å². The van der Waals surface area contributed by atoms with Crippen LogP contribution in [0.15, 0.2) is 49.2 Å². The van der Waals surface area contributed by atoms with Crippen LogP contribution in [0.3, 0.4) is 0 Å². The van der Waals surface area contributed by atoms with Gasteiger partial charge in [0.15, 0.2) is 17.2 Å². The summed E-state index contributed by atoms with van der Waals surface area (Å²) in [5.74, 6) is 1.22. The summed E-state index contributed by atoms with van der Waals surface area (Å²) < 4.78 is 61.2. The fourth-order valence-electron chi connectivity index (χ4n) is 4.75. The van der Waals surface area contributed by atoms with E-state index in [4.69, 9.17) is 9.72 Å². The van der Waals surface area contributed by atoms with E-state index in [9.17, 15) is 17.6 Å². The maximum atomic E-state index is 13.2. The average Bonchev–Trinajstić information content (AvgIpc) is 3.57. The highest BCUT2D eigenvalue weighted by molar-refractivity contribution is 5.77. The van der Waals surface area contributed by atoms with Crippen molar-refractivity contribution in [3.8, 4) is 28.7 Å². The third-order valence-corrected chi connectivity index (χ3v) is 6.97. The SMILES string of the molecule is COc1ncnc(C2CC2)c1-c1ncc2cnn([C@@H](C)c3ccc(-c4nc(C(F)(F)F)cn4CCF)cc3)c2n1. The van der Waals surface area contributed by atoms with Crippen molar-refractivity contribution in [2.75, 3.05) is 13.8 Å². The largest absolute Gasteiger partial charge is 0.480 e. The third-order valence-electron chi connectivity index (χ3n) is 6.97. The average molecular weight is 553 g/mol. The molecule has 9 nitrogen and oxygen atoms in total. The number of methoxy groups -OCH3 is 1.